The topological polar surface area (TPSA) is 80.6 Å². The van der Waals surface area contributed by atoms with Gasteiger partial charge in [-0.3, -0.25) is 9.78 Å². The number of nitrogens with one attached hydrogen (secondary N) is 1. The normalized spacial score (nSPS) is 10.6. The van der Waals surface area contributed by atoms with Crippen molar-refractivity contribution in [1.29, 1.82) is 0 Å². The van der Waals surface area contributed by atoms with Crippen LogP contribution in [-0.4, -0.2) is 23.1 Å². The number of carbonyl (C=O) groups is 2. The van der Waals surface area contributed by atoms with Crippen LogP contribution in [0.25, 0.3) is 0 Å². The van der Waals surface area contributed by atoms with Crippen molar-refractivity contribution < 1.29 is 14.3 Å². The molecule has 3 rings (SSSR count). The maximum absolute atomic E-state index is 12.2. The zero-order valence-electron chi connectivity index (χ0n) is 14.0. The first-order chi connectivity index (χ1) is 13.1. The molecule has 0 spiro atoms. The molecule has 1 aromatic heterocycles. The molecular formula is C20H14IN3O3. The molecular weight excluding hydrogens is 457 g/mol. The highest BCUT2D eigenvalue weighted by atomic mass is 127. The average Bonchev–Trinajstić information content (AvgIpc) is 2.70. The number of halogens is 1. The number of aromatic nitrogens is 1. The summed E-state index contributed by atoms with van der Waals surface area (Å²) in [6.07, 6.45) is 4.58. The van der Waals surface area contributed by atoms with Crippen LogP contribution in [0.5, 0.6) is 5.75 Å². The summed E-state index contributed by atoms with van der Waals surface area (Å²) in [6, 6.07) is 17.2. The number of pyridine rings is 1. The molecule has 0 unspecified atom stereocenters. The van der Waals surface area contributed by atoms with Crippen molar-refractivity contribution in [2.45, 2.75) is 0 Å². The molecule has 0 radical (unpaired) electrons. The zero-order valence-corrected chi connectivity index (χ0v) is 16.2. The van der Waals surface area contributed by atoms with Crippen molar-refractivity contribution in [2.75, 3.05) is 0 Å². The van der Waals surface area contributed by atoms with E-state index in [-0.39, 0.29) is 5.91 Å². The summed E-state index contributed by atoms with van der Waals surface area (Å²) >= 11 is 2.09. The molecule has 1 N–H and O–H groups in total. The van der Waals surface area contributed by atoms with E-state index >= 15 is 0 Å². The third kappa shape index (κ3) is 5.20. The number of amides is 1. The van der Waals surface area contributed by atoms with E-state index in [2.05, 4.69) is 38.1 Å². The third-order valence-electron chi connectivity index (χ3n) is 3.51. The lowest BCUT2D eigenvalue weighted by molar-refractivity contribution is 0.0733. The molecule has 2 aromatic carbocycles. The van der Waals surface area contributed by atoms with E-state index in [1.807, 2.05) is 12.1 Å². The van der Waals surface area contributed by atoms with Gasteiger partial charge in [-0.1, -0.05) is 12.1 Å². The maximum Gasteiger partial charge on any atom is 0.344 e. The molecule has 1 heterocycles. The van der Waals surface area contributed by atoms with Gasteiger partial charge in [0, 0.05) is 21.5 Å². The highest BCUT2D eigenvalue weighted by Crippen LogP contribution is 2.17. The number of ether oxygens (including phenoxy) is 1. The van der Waals surface area contributed by atoms with Crippen LogP contribution in [0.15, 0.2) is 78.2 Å². The number of esters is 1. The van der Waals surface area contributed by atoms with Gasteiger partial charge in [0.1, 0.15) is 5.75 Å². The molecule has 27 heavy (non-hydrogen) atoms. The van der Waals surface area contributed by atoms with E-state index in [1.54, 1.807) is 48.5 Å². The molecule has 134 valence electrons. The van der Waals surface area contributed by atoms with Gasteiger partial charge >= 0.3 is 5.97 Å². The van der Waals surface area contributed by atoms with E-state index in [0.29, 0.717) is 16.9 Å². The fourth-order valence-corrected chi connectivity index (χ4v) is 2.75. The smallest absolute Gasteiger partial charge is 0.344 e. The van der Waals surface area contributed by atoms with Crippen LogP contribution in [-0.2, 0) is 0 Å². The van der Waals surface area contributed by atoms with Gasteiger partial charge in [-0.05, 0) is 76.7 Å². The minimum Gasteiger partial charge on any atom is -0.423 e. The molecule has 3 aromatic rings. The van der Waals surface area contributed by atoms with Gasteiger partial charge in [-0.2, -0.15) is 5.10 Å². The Kier molecular flexibility index (Phi) is 6.26. The molecule has 0 aliphatic heterocycles. The van der Waals surface area contributed by atoms with E-state index in [9.17, 15) is 9.59 Å². The predicted molar refractivity (Wildman–Crippen MR) is 110 cm³/mol. The second-order valence-corrected chi connectivity index (χ2v) is 6.54. The van der Waals surface area contributed by atoms with Crippen molar-refractivity contribution in [1.82, 2.24) is 10.4 Å². The molecule has 0 saturated heterocycles. The van der Waals surface area contributed by atoms with E-state index in [4.69, 9.17) is 4.74 Å². The summed E-state index contributed by atoms with van der Waals surface area (Å²) in [6.45, 7) is 0. The second kappa shape index (κ2) is 9.04. The first kappa shape index (κ1) is 18.7. The van der Waals surface area contributed by atoms with E-state index < -0.39 is 5.97 Å². The lowest BCUT2D eigenvalue weighted by atomic mass is 10.2. The number of hydrazone groups is 1. The Bertz CT molecular complexity index is 973. The number of rotatable bonds is 5. The van der Waals surface area contributed by atoms with Crippen molar-refractivity contribution in [2.24, 2.45) is 5.10 Å². The van der Waals surface area contributed by atoms with Gasteiger partial charge < -0.3 is 4.74 Å². The minimum absolute atomic E-state index is 0.323. The number of hydrogen-bond acceptors (Lipinski definition) is 5. The van der Waals surface area contributed by atoms with E-state index in [1.165, 1.54) is 18.6 Å². The Hall–Kier alpha value is -3.07. The van der Waals surface area contributed by atoms with Crippen LogP contribution >= 0.6 is 22.6 Å². The summed E-state index contributed by atoms with van der Waals surface area (Å²) in [5, 5.41) is 3.91. The summed E-state index contributed by atoms with van der Waals surface area (Å²) in [4.78, 5) is 27.9. The second-order valence-electron chi connectivity index (χ2n) is 5.37. The van der Waals surface area contributed by atoms with Crippen LogP contribution in [0.2, 0.25) is 0 Å². The van der Waals surface area contributed by atoms with E-state index in [0.717, 1.165) is 9.13 Å². The molecule has 0 fully saturated rings. The van der Waals surface area contributed by atoms with Gasteiger partial charge in [-0.25, -0.2) is 10.2 Å². The molecule has 0 saturated carbocycles. The predicted octanol–water partition coefficient (Wildman–Crippen LogP) is 3.67. The van der Waals surface area contributed by atoms with Gasteiger partial charge in [0.25, 0.3) is 5.91 Å². The van der Waals surface area contributed by atoms with Crippen molar-refractivity contribution in [3.8, 4) is 5.75 Å². The van der Waals surface area contributed by atoms with Crippen molar-refractivity contribution in [3.05, 3.63) is 93.3 Å². The molecule has 7 heteroatoms. The summed E-state index contributed by atoms with van der Waals surface area (Å²) in [5.74, 6) is -0.305. The van der Waals surface area contributed by atoms with Crippen molar-refractivity contribution in [3.63, 3.8) is 0 Å². The molecule has 0 bridgehead atoms. The first-order valence-electron chi connectivity index (χ1n) is 7.94. The molecule has 0 aliphatic rings. The van der Waals surface area contributed by atoms with Gasteiger partial charge in [0.05, 0.1) is 11.8 Å². The fourth-order valence-electron chi connectivity index (χ4n) is 2.14. The minimum atomic E-state index is -0.411. The van der Waals surface area contributed by atoms with Crippen LogP contribution in [0.3, 0.4) is 0 Å². The third-order valence-corrected chi connectivity index (χ3v) is 4.45. The molecule has 0 atom stereocenters. The Morgan fingerprint density at radius 3 is 2.41 bits per heavy atom. The first-order valence-corrected chi connectivity index (χ1v) is 9.01. The average molecular weight is 471 g/mol. The molecule has 0 aliphatic carbocycles. The van der Waals surface area contributed by atoms with Gasteiger partial charge in [0.15, 0.2) is 0 Å². The summed E-state index contributed by atoms with van der Waals surface area (Å²) in [5.41, 5.74) is 4.18. The van der Waals surface area contributed by atoms with Gasteiger partial charge in [-0.15, -0.1) is 0 Å². The Labute approximate surface area is 169 Å². The van der Waals surface area contributed by atoms with Crippen molar-refractivity contribution >= 4 is 40.7 Å². The SMILES string of the molecule is O=C(N/N=C/c1ccc(OC(=O)c2ccccc2I)cc1)c1ccncc1. The van der Waals surface area contributed by atoms with Crippen LogP contribution in [0, 0.1) is 3.57 Å². The van der Waals surface area contributed by atoms with Crippen LogP contribution in [0.4, 0.5) is 0 Å². The van der Waals surface area contributed by atoms with Crippen LogP contribution in [0.1, 0.15) is 26.3 Å². The lowest BCUT2D eigenvalue weighted by Gasteiger charge is -2.06. The Morgan fingerprint density at radius 2 is 1.70 bits per heavy atom. The van der Waals surface area contributed by atoms with Crippen LogP contribution < -0.4 is 10.2 Å². The zero-order chi connectivity index (χ0) is 19.1. The maximum atomic E-state index is 12.2. The quantitative estimate of drug-likeness (QED) is 0.203. The number of carbonyl (C=O) groups excluding carboxylic acids is 2. The highest BCUT2D eigenvalue weighted by molar-refractivity contribution is 14.1. The highest BCUT2D eigenvalue weighted by Gasteiger charge is 2.11. The molecule has 6 nitrogen and oxygen atoms in total. The monoisotopic (exact) mass is 471 g/mol. The fraction of sp³-hybridized carbons (Fsp3) is 0. The summed E-state index contributed by atoms with van der Waals surface area (Å²) < 4.78 is 6.20. The number of nitrogens with zero attached hydrogens (tertiary/aromatic N) is 2. The Balaban J connectivity index is 1.58. The lowest BCUT2D eigenvalue weighted by Crippen LogP contribution is -2.17. The standard InChI is InChI=1S/C20H14IN3O3/c21-18-4-2-1-3-17(18)20(26)27-16-7-5-14(6-8-16)13-23-24-19(25)15-9-11-22-12-10-15/h1-13H,(H,24,25)/b23-13+. The number of hydrogen-bond donors (Lipinski definition) is 1. The van der Waals surface area contributed by atoms with Gasteiger partial charge in [0.2, 0.25) is 0 Å². The largest absolute Gasteiger partial charge is 0.423 e. The number of benzene rings is 2. The summed E-state index contributed by atoms with van der Waals surface area (Å²) in [7, 11) is 0. The Morgan fingerprint density at radius 1 is 1.00 bits per heavy atom. The molecule has 1 amide bonds.